The molecule has 0 heterocycles. The number of aldehydes is 1. The van der Waals surface area contributed by atoms with Crippen LogP contribution in [-0.4, -0.2) is 30.3 Å². The molecule has 1 atom stereocenters. The van der Waals surface area contributed by atoms with Crippen LogP contribution in [0.25, 0.3) is 0 Å². The summed E-state index contributed by atoms with van der Waals surface area (Å²) in [5.41, 5.74) is 0. The smallest absolute Gasteiger partial charge is 0.136 e. The van der Waals surface area contributed by atoms with Crippen molar-refractivity contribution in [1.29, 1.82) is 0 Å². The van der Waals surface area contributed by atoms with E-state index in [2.05, 4.69) is 13.8 Å². The summed E-state index contributed by atoms with van der Waals surface area (Å²) >= 11 is 0. The van der Waals surface area contributed by atoms with Crippen LogP contribution < -0.4 is 0 Å². The van der Waals surface area contributed by atoms with E-state index in [1.165, 1.54) is 0 Å². The third-order valence-electron chi connectivity index (χ3n) is 1.65. The molecular weight excluding hydrogens is 114 g/mol. The summed E-state index contributed by atoms with van der Waals surface area (Å²) in [6, 6.07) is 0.496. The average Bonchev–Trinajstić information content (AvgIpc) is 1.84. The molecule has 0 amide bonds. The molecule has 54 valence electrons. The number of nitrogens with zero attached hydrogens (tertiary/aromatic N) is 1. The second kappa shape index (κ2) is 3.62. The van der Waals surface area contributed by atoms with Crippen molar-refractivity contribution in [3.8, 4) is 0 Å². The highest BCUT2D eigenvalue weighted by molar-refractivity contribution is 5.56. The molecule has 0 spiro atoms. The van der Waals surface area contributed by atoms with E-state index in [4.69, 9.17) is 0 Å². The molecule has 0 aliphatic rings. The summed E-state index contributed by atoms with van der Waals surface area (Å²) in [6.45, 7) is 6.03. The molecule has 0 saturated carbocycles. The molecule has 0 aromatic rings. The predicted molar refractivity (Wildman–Crippen MR) is 38.4 cm³/mol. The maximum absolute atomic E-state index is 10.2. The van der Waals surface area contributed by atoms with Crippen LogP contribution in [0.5, 0.6) is 0 Å². The van der Waals surface area contributed by atoms with Crippen LogP contribution in [0.1, 0.15) is 20.8 Å². The summed E-state index contributed by atoms with van der Waals surface area (Å²) < 4.78 is 0. The highest BCUT2D eigenvalue weighted by atomic mass is 16.1. The van der Waals surface area contributed by atoms with Crippen molar-refractivity contribution in [2.75, 3.05) is 7.05 Å². The Hall–Kier alpha value is -0.370. The van der Waals surface area contributed by atoms with Crippen LogP contribution in [0.2, 0.25) is 0 Å². The van der Waals surface area contributed by atoms with E-state index >= 15 is 0 Å². The van der Waals surface area contributed by atoms with Crippen molar-refractivity contribution >= 4 is 6.29 Å². The zero-order chi connectivity index (χ0) is 7.44. The molecule has 0 aliphatic carbocycles. The third kappa shape index (κ3) is 2.61. The zero-order valence-corrected chi connectivity index (χ0v) is 6.59. The van der Waals surface area contributed by atoms with Gasteiger partial charge in [-0.15, -0.1) is 0 Å². The predicted octanol–water partition coefficient (Wildman–Crippen LogP) is 0.914. The third-order valence-corrected chi connectivity index (χ3v) is 1.65. The summed E-state index contributed by atoms with van der Waals surface area (Å²) in [7, 11) is 1.95. The molecule has 0 fully saturated rings. The largest absolute Gasteiger partial charge is 0.302 e. The monoisotopic (exact) mass is 129 g/mol. The Kier molecular flexibility index (Phi) is 3.47. The molecule has 2 heteroatoms. The Balaban J connectivity index is 3.71. The number of carbonyl (C=O) groups excluding carboxylic acids is 1. The summed E-state index contributed by atoms with van der Waals surface area (Å²) in [4.78, 5) is 12.2. The van der Waals surface area contributed by atoms with Crippen LogP contribution in [0, 0.1) is 0 Å². The van der Waals surface area contributed by atoms with Crippen molar-refractivity contribution in [3.05, 3.63) is 0 Å². The van der Waals surface area contributed by atoms with Crippen molar-refractivity contribution in [1.82, 2.24) is 4.90 Å². The summed E-state index contributed by atoms with van der Waals surface area (Å²) in [6.07, 6.45) is 0.958. The van der Waals surface area contributed by atoms with E-state index in [-0.39, 0.29) is 6.04 Å². The number of rotatable bonds is 3. The molecule has 0 aromatic carbocycles. The van der Waals surface area contributed by atoms with Gasteiger partial charge in [-0.2, -0.15) is 0 Å². The van der Waals surface area contributed by atoms with Gasteiger partial charge in [0.1, 0.15) is 6.29 Å². The molecule has 0 radical (unpaired) electrons. The van der Waals surface area contributed by atoms with Gasteiger partial charge < -0.3 is 4.79 Å². The Labute approximate surface area is 56.9 Å². The minimum absolute atomic E-state index is 0.0463. The van der Waals surface area contributed by atoms with Crippen molar-refractivity contribution in [2.45, 2.75) is 32.9 Å². The second-order valence-electron chi connectivity index (χ2n) is 2.64. The van der Waals surface area contributed by atoms with E-state index in [0.29, 0.717) is 6.04 Å². The SMILES string of the molecule is CC(C)N(C)C(C)C=O. The molecule has 0 aromatic heterocycles. The van der Waals surface area contributed by atoms with E-state index in [1.807, 2.05) is 18.9 Å². The maximum Gasteiger partial charge on any atom is 0.136 e. The standard InChI is InChI=1S/C7H15NO/c1-6(2)8(4)7(3)5-9/h5-7H,1-4H3. The van der Waals surface area contributed by atoms with Crippen LogP contribution in [0.3, 0.4) is 0 Å². The van der Waals surface area contributed by atoms with Gasteiger partial charge in [0.15, 0.2) is 0 Å². The minimum Gasteiger partial charge on any atom is -0.302 e. The quantitative estimate of drug-likeness (QED) is 0.528. The van der Waals surface area contributed by atoms with Crippen LogP contribution in [0.4, 0.5) is 0 Å². The second-order valence-corrected chi connectivity index (χ2v) is 2.64. The van der Waals surface area contributed by atoms with Gasteiger partial charge in [0.25, 0.3) is 0 Å². The van der Waals surface area contributed by atoms with Crippen LogP contribution in [0.15, 0.2) is 0 Å². The Morgan fingerprint density at radius 3 is 1.89 bits per heavy atom. The van der Waals surface area contributed by atoms with E-state index in [1.54, 1.807) is 0 Å². The highest BCUT2D eigenvalue weighted by Crippen LogP contribution is 1.97. The fourth-order valence-corrected chi connectivity index (χ4v) is 0.566. The molecule has 2 nitrogen and oxygen atoms in total. The normalized spacial score (nSPS) is 14.4. The first-order chi connectivity index (χ1) is 4.09. The molecule has 0 aliphatic heterocycles. The van der Waals surface area contributed by atoms with E-state index < -0.39 is 0 Å². The molecule has 1 unspecified atom stereocenters. The lowest BCUT2D eigenvalue weighted by atomic mass is 10.2. The lowest BCUT2D eigenvalue weighted by Crippen LogP contribution is -2.35. The van der Waals surface area contributed by atoms with Gasteiger partial charge in [-0.25, -0.2) is 0 Å². The molecule has 9 heavy (non-hydrogen) atoms. The average molecular weight is 129 g/mol. The lowest BCUT2D eigenvalue weighted by Gasteiger charge is -2.23. The van der Waals surface area contributed by atoms with Crippen LogP contribution in [-0.2, 0) is 4.79 Å². The van der Waals surface area contributed by atoms with Gasteiger partial charge >= 0.3 is 0 Å². The summed E-state index contributed by atoms with van der Waals surface area (Å²) in [5.74, 6) is 0. The Morgan fingerprint density at radius 1 is 1.33 bits per heavy atom. The van der Waals surface area contributed by atoms with Crippen LogP contribution >= 0.6 is 0 Å². The minimum atomic E-state index is 0.0463. The van der Waals surface area contributed by atoms with Crippen molar-refractivity contribution < 1.29 is 4.79 Å². The fraction of sp³-hybridized carbons (Fsp3) is 0.857. The van der Waals surface area contributed by atoms with Crippen molar-refractivity contribution in [3.63, 3.8) is 0 Å². The first-order valence-electron chi connectivity index (χ1n) is 3.26. The fourth-order valence-electron chi connectivity index (χ4n) is 0.566. The lowest BCUT2D eigenvalue weighted by molar-refractivity contribution is -0.112. The van der Waals surface area contributed by atoms with Crippen molar-refractivity contribution in [2.24, 2.45) is 0 Å². The molecule has 0 saturated heterocycles. The zero-order valence-electron chi connectivity index (χ0n) is 6.59. The topological polar surface area (TPSA) is 20.3 Å². The van der Waals surface area contributed by atoms with Gasteiger partial charge in [0.05, 0.1) is 6.04 Å². The maximum atomic E-state index is 10.2. The number of likely N-dealkylation sites (N-methyl/N-ethyl adjacent to an activating group) is 1. The Morgan fingerprint density at radius 2 is 1.78 bits per heavy atom. The number of hydrogen-bond acceptors (Lipinski definition) is 2. The summed E-state index contributed by atoms with van der Waals surface area (Å²) in [5, 5.41) is 0. The van der Waals surface area contributed by atoms with Gasteiger partial charge in [-0.1, -0.05) is 0 Å². The number of hydrogen-bond donors (Lipinski definition) is 0. The Bertz CT molecular complexity index is 90.9. The highest BCUT2D eigenvalue weighted by Gasteiger charge is 2.09. The molecule has 0 N–H and O–H groups in total. The first-order valence-corrected chi connectivity index (χ1v) is 3.26. The first kappa shape index (κ1) is 8.63. The van der Waals surface area contributed by atoms with Gasteiger partial charge in [0.2, 0.25) is 0 Å². The van der Waals surface area contributed by atoms with Gasteiger partial charge in [-0.3, -0.25) is 4.90 Å². The molecule has 0 bridgehead atoms. The number of carbonyl (C=O) groups is 1. The van der Waals surface area contributed by atoms with E-state index in [0.717, 1.165) is 6.29 Å². The molecular formula is C7H15NO. The van der Waals surface area contributed by atoms with Gasteiger partial charge in [0, 0.05) is 6.04 Å². The van der Waals surface area contributed by atoms with E-state index in [9.17, 15) is 4.79 Å². The van der Waals surface area contributed by atoms with Gasteiger partial charge in [-0.05, 0) is 27.8 Å². The molecule has 0 rings (SSSR count).